The van der Waals surface area contributed by atoms with E-state index in [4.69, 9.17) is 9.05 Å². The van der Waals surface area contributed by atoms with E-state index < -0.39 is 13.4 Å². The molecule has 0 fully saturated rings. The first-order valence-electron chi connectivity index (χ1n) is 14.0. The van der Waals surface area contributed by atoms with Gasteiger partial charge in [0.25, 0.3) is 5.56 Å². The minimum atomic E-state index is -3.79. The first-order chi connectivity index (χ1) is 21.1. The highest BCUT2D eigenvalue weighted by molar-refractivity contribution is 14.1. The normalized spacial score (nSPS) is 12.5. The molecule has 0 aliphatic rings. The standard InChI is InChI=1S/C31H32FIN5O5P/c1-4-42-44(41,43-5-2)31(34-24-10-8-23(33)9-11-24)27-15-21(6-13-29(27)39)17-37-18-25(35-36-37)19-38-28-12-7-22(32)16-26(28)20(3)14-30(38)40/h6-16,18,31,34,39H,4-5,17,19H2,1-3H3. The van der Waals surface area contributed by atoms with Crippen LogP contribution < -0.4 is 10.9 Å². The van der Waals surface area contributed by atoms with Gasteiger partial charge in [0.1, 0.15) is 17.3 Å². The van der Waals surface area contributed by atoms with Crippen LogP contribution in [0.15, 0.2) is 77.7 Å². The number of nitrogens with zero attached hydrogens (tertiary/aromatic N) is 4. The summed E-state index contributed by atoms with van der Waals surface area (Å²) in [5.74, 6) is -1.45. The number of hydrogen-bond donors (Lipinski definition) is 2. The Morgan fingerprint density at radius 2 is 1.75 bits per heavy atom. The minimum Gasteiger partial charge on any atom is -0.508 e. The van der Waals surface area contributed by atoms with Gasteiger partial charge in [-0.05, 0) is 109 Å². The summed E-state index contributed by atoms with van der Waals surface area (Å²) in [6, 6.07) is 18.3. The SMILES string of the molecule is CCOP(=O)(OCC)C(Nc1ccc(I)cc1)c1cc(Cn2cc(Cn3c(=O)cc(C)c4cc(F)ccc43)nn2)ccc1O. The van der Waals surface area contributed by atoms with Crippen molar-refractivity contribution in [3.63, 3.8) is 0 Å². The van der Waals surface area contributed by atoms with Crippen LogP contribution in [0.25, 0.3) is 10.9 Å². The molecule has 0 bridgehead atoms. The van der Waals surface area contributed by atoms with Gasteiger partial charge >= 0.3 is 7.60 Å². The Labute approximate surface area is 267 Å². The van der Waals surface area contributed by atoms with Gasteiger partial charge in [-0.25, -0.2) is 9.07 Å². The van der Waals surface area contributed by atoms with Gasteiger partial charge in [0.05, 0.1) is 38.0 Å². The van der Waals surface area contributed by atoms with E-state index in [0.29, 0.717) is 33.4 Å². The molecular formula is C31H32FIN5O5P. The third-order valence-electron chi connectivity index (χ3n) is 7.00. The van der Waals surface area contributed by atoms with Crippen molar-refractivity contribution in [2.45, 2.75) is 39.6 Å². The summed E-state index contributed by atoms with van der Waals surface area (Å²) in [5, 5.41) is 23.3. The van der Waals surface area contributed by atoms with Gasteiger partial charge in [0.15, 0.2) is 5.78 Å². The summed E-state index contributed by atoms with van der Waals surface area (Å²) in [6.07, 6.45) is 1.72. The number of fused-ring (bicyclic) bond motifs is 1. The molecule has 5 rings (SSSR count). The molecule has 0 amide bonds. The van der Waals surface area contributed by atoms with Gasteiger partial charge in [-0.3, -0.25) is 9.36 Å². The van der Waals surface area contributed by atoms with Crippen LogP contribution in [0.4, 0.5) is 10.1 Å². The Balaban J connectivity index is 1.44. The van der Waals surface area contributed by atoms with Crippen LogP contribution in [0.1, 0.15) is 42.0 Å². The molecule has 2 aromatic heterocycles. The smallest absolute Gasteiger partial charge is 0.357 e. The lowest BCUT2D eigenvalue weighted by molar-refractivity contribution is 0.213. The largest absolute Gasteiger partial charge is 0.508 e. The van der Waals surface area contributed by atoms with E-state index in [2.05, 4.69) is 38.2 Å². The van der Waals surface area contributed by atoms with Gasteiger partial charge in [0, 0.05) is 26.3 Å². The minimum absolute atomic E-state index is 0.0715. The molecule has 230 valence electrons. The number of phenols is 1. The zero-order valence-corrected chi connectivity index (χ0v) is 27.5. The molecule has 0 saturated carbocycles. The Bertz CT molecular complexity index is 1890. The molecule has 13 heteroatoms. The molecule has 0 spiro atoms. The van der Waals surface area contributed by atoms with Gasteiger partial charge in [-0.2, -0.15) is 0 Å². The van der Waals surface area contributed by atoms with E-state index in [1.54, 1.807) is 49.8 Å². The Morgan fingerprint density at radius 3 is 2.45 bits per heavy atom. The first-order valence-corrected chi connectivity index (χ1v) is 16.7. The predicted molar refractivity (Wildman–Crippen MR) is 176 cm³/mol. The van der Waals surface area contributed by atoms with Crippen LogP contribution in [0.5, 0.6) is 5.75 Å². The van der Waals surface area contributed by atoms with E-state index in [1.807, 2.05) is 24.3 Å². The molecule has 3 aromatic carbocycles. The summed E-state index contributed by atoms with van der Waals surface area (Å²) in [7, 11) is -3.79. The zero-order valence-electron chi connectivity index (χ0n) is 24.4. The molecule has 0 aliphatic heterocycles. The number of aromatic nitrogens is 4. The number of rotatable bonds is 12. The fourth-order valence-corrected chi connectivity index (χ4v) is 7.32. The van der Waals surface area contributed by atoms with E-state index in [1.165, 1.54) is 28.8 Å². The second-order valence-electron chi connectivity index (χ2n) is 10.1. The Kier molecular flexibility index (Phi) is 9.84. The third kappa shape index (κ3) is 7.04. The van der Waals surface area contributed by atoms with Crippen molar-refractivity contribution in [2.75, 3.05) is 18.5 Å². The number of hydrogen-bond acceptors (Lipinski definition) is 8. The monoisotopic (exact) mass is 731 g/mol. The van der Waals surface area contributed by atoms with E-state index >= 15 is 0 Å². The van der Waals surface area contributed by atoms with Crippen molar-refractivity contribution < 1.29 is 23.1 Å². The molecular weight excluding hydrogens is 699 g/mol. The van der Waals surface area contributed by atoms with Gasteiger partial charge in [0.2, 0.25) is 0 Å². The van der Waals surface area contributed by atoms with Crippen LogP contribution in [0.2, 0.25) is 0 Å². The van der Waals surface area contributed by atoms with Crippen molar-refractivity contribution in [3.8, 4) is 5.75 Å². The second kappa shape index (κ2) is 13.6. The summed E-state index contributed by atoms with van der Waals surface area (Å²) < 4.78 is 43.5. The maximum atomic E-state index is 14.0. The molecule has 0 radical (unpaired) electrons. The lowest BCUT2D eigenvalue weighted by Crippen LogP contribution is -2.21. The highest BCUT2D eigenvalue weighted by Crippen LogP contribution is 2.62. The van der Waals surface area contributed by atoms with Crippen LogP contribution in [0.3, 0.4) is 0 Å². The van der Waals surface area contributed by atoms with E-state index in [0.717, 1.165) is 9.13 Å². The maximum Gasteiger partial charge on any atom is 0.357 e. The zero-order chi connectivity index (χ0) is 31.4. The molecule has 1 atom stereocenters. The van der Waals surface area contributed by atoms with E-state index in [-0.39, 0.29) is 43.4 Å². The number of aromatic hydroxyl groups is 1. The quantitative estimate of drug-likeness (QED) is 0.106. The maximum absolute atomic E-state index is 14.0. The lowest BCUT2D eigenvalue weighted by atomic mass is 10.1. The van der Waals surface area contributed by atoms with Crippen LogP contribution in [-0.4, -0.2) is 37.9 Å². The molecule has 44 heavy (non-hydrogen) atoms. The number of pyridine rings is 1. The topological polar surface area (TPSA) is 121 Å². The molecule has 0 saturated heterocycles. The van der Waals surface area contributed by atoms with Crippen molar-refractivity contribution in [3.05, 3.63) is 115 Å². The summed E-state index contributed by atoms with van der Waals surface area (Å²) in [4.78, 5) is 12.8. The third-order valence-corrected chi connectivity index (χ3v) is 9.99. The number of phenolic OH excluding ortho intramolecular Hbond substituents is 1. The number of anilines is 1. The van der Waals surface area contributed by atoms with E-state index in [9.17, 15) is 18.9 Å². The van der Waals surface area contributed by atoms with Gasteiger partial charge < -0.3 is 24.0 Å². The lowest BCUT2D eigenvalue weighted by Gasteiger charge is -2.29. The number of nitrogens with one attached hydrogen (secondary N) is 1. The van der Waals surface area contributed by atoms with Crippen molar-refractivity contribution in [2.24, 2.45) is 0 Å². The van der Waals surface area contributed by atoms with Crippen LogP contribution in [0, 0.1) is 16.3 Å². The summed E-state index contributed by atoms with van der Waals surface area (Å²) in [6.45, 7) is 5.97. The fraction of sp³-hybridized carbons (Fsp3) is 0.258. The Hall–Kier alpha value is -3.58. The fourth-order valence-electron chi connectivity index (χ4n) is 5.02. The van der Waals surface area contributed by atoms with Gasteiger partial charge in [-0.1, -0.05) is 11.3 Å². The number of halogens is 2. The van der Waals surface area contributed by atoms with Crippen LogP contribution in [-0.2, 0) is 26.7 Å². The van der Waals surface area contributed by atoms with Crippen molar-refractivity contribution in [1.29, 1.82) is 0 Å². The molecule has 2 N–H and O–H groups in total. The number of benzene rings is 3. The highest BCUT2D eigenvalue weighted by Gasteiger charge is 2.39. The number of aryl methyl sites for hydroxylation is 1. The molecule has 2 heterocycles. The van der Waals surface area contributed by atoms with Crippen LogP contribution >= 0.6 is 30.2 Å². The Morgan fingerprint density at radius 1 is 1.02 bits per heavy atom. The molecule has 0 aliphatic carbocycles. The van der Waals surface area contributed by atoms with Crippen molar-refractivity contribution >= 4 is 46.8 Å². The van der Waals surface area contributed by atoms with Crippen molar-refractivity contribution in [1.82, 2.24) is 19.6 Å². The molecule has 10 nitrogen and oxygen atoms in total. The predicted octanol–water partition coefficient (Wildman–Crippen LogP) is 6.82. The molecule has 1 unspecified atom stereocenters. The highest BCUT2D eigenvalue weighted by atomic mass is 127. The average molecular weight is 732 g/mol. The summed E-state index contributed by atoms with van der Waals surface area (Å²) in [5.41, 5.74) is 3.39. The second-order valence-corrected chi connectivity index (χ2v) is 13.5. The average Bonchev–Trinajstić information content (AvgIpc) is 3.43. The first kappa shape index (κ1) is 31.8. The summed E-state index contributed by atoms with van der Waals surface area (Å²) >= 11 is 2.20. The van der Waals surface area contributed by atoms with Gasteiger partial charge in [-0.15, -0.1) is 5.10 Å². The molecule has 5 aromatic rings.